The Kier molecular flexibility index (Phi) is 6.64. The van der Waals surface area contributed by atoms with Gasteiger partial charge < -0.3 is 9.47 Å². The molecule has 1 saturated heterocycles. The molecule has 0 spiro atoms. The van der Waals surface area contributed by atoms with Gasteiger partial charge in [-0.2, -0.15) is 0 Å². The Morgan fingerprint density at radius 2 is 1.94 bits per heavy atom. The normalized spacial score (nSPS) is 14.8. The highest BCUT2D eigenvalue weighted by Gasteiger charge is 2.35. The highest BCUT2D eigenvalue weighted by atomic mass is 35.5. The van der Waals surface area contributed by atoms with E-state index >= 15 is 0 Å². The Morgan fingerprint density at radius 1 is 1.09 bits per heavy atom. The van der Waals surface area contributed by atoms with Gasteiger partial charge in [-0.05, 0) is 64.7 Å². The molecule has 9 heteroatoms. The number of benzene rings is 2. The van der Waals surface area contributed by atoms with Crippen molar-refractivity contribution in [2.75, 3.05) is 7.11 Å². The highest BCUT2D eigenvalue weighted by Crippen LogP contribution is 2.35. The van der Waals surface area contributed by atoms with Crippen LogP contribution in [-0.2, 0) is 11.3 Å². The standard InChI is InChI=1S/C23H16ClNO5S2/c1-29-18-11-14(7-8-17(18)30-22(27)19-6-3-9-31-19)12-20-21(26)25(23(28)32-20)13-15-4-2-5-16(24)10-15/h2-12H,13H2,1H3/b20-12-. The third kappa shape index (κ3) is 4.88. The third-order valence-corrected chi connectivity index (χ3v) is 6.51. The summed E-state index contributed by atoms with van der Waals surface area (Å²) < 4.78 is 10.8. The van der Waals surface area contributed by atoms with Crippen molar-refractivity contribution in [3.8, 4) is 11.5 Å². The van der Waals surface area contributed by atoms with E-state index in [1.807, 2.05) is 0 Å². The monoisotopic (exact) mass is 485 g/mol. The predicted molar refractivity (Wildman–Crippen MR) is 125 cm³/mol. The minimum absolute atomic E-state index is 0.142. The van der Waals surface area contributed by atoms with Crippen molar-refractivity contribution in [1.82, 2.24) is 4.90 Å². The summed E-state index contributed by atoms with van der Waals surface area (Å²) in [4.78, 5) is 39.4. The van der Waals surface area contributed by atoms with Crippen LogP contribution in [0.5, 0.6) is 11.5 Å². The lowest BCUT2D eigenvalue weighted by Gasteiger charge is -2.12. The van der Waals surface area contributed by atoms with Crippen molar-refractivity contribution in [2.24, 2.45) is 0 Å². The Labute approximate surface area is 197 Å². The first-order chi connectivity index (χ1) is 15.4. The summed E-state index contributed by atoms with van der Waals surface area (Å²) >= 11 is 8.14. The second kappa shape index (κ2) is 9.60. The number of rotatable bonds is 6. The van der Waals surface area contributed by atoms with Crippen molar-refractivity contribution < 1.29 is 23.9 Å². The first-order valence-corrected chi connectivity index (χ1v) is 11.5. The van der Waals surface area contributed by atoms with Crippen LogP contribution in [0.4, 0.5) is 4.79 Å². The number of nitrogens with zero attached hydrogens (tertiary/aromatic N) is 1. The number of ether oxygens (including phenoxy) is 2. The van der Waals surface area contributed by atoms with E-state index < -0.39 is 5.97 Å². The molecule has 0 saturated carbocycles. The average molecular weight is 486 g/mol. The summed E-state index contributed by atoms with van der Waals surface area (Å²) in [5.41, 5.74) is 1.39. The number of carbonyl (C=O) groups excluding carboxylic acids is 3. The molecular weight excluding hydrogens is 470 g/mol. The van der Waals surface area contributed by atoms with Gasteiger partial charge in [-0.15, -0.1) is 11.3 Å². The van der Waals surface area contributed by atoms with Crippen molar-refractivity contribution in [3.05, 3.63) is 85.9 Å². The van der Waals surface area contributed by atoms with Crippen LogP contribution in [0, 0.1) is 0 Å². The molecule has 1 fully saturated rings. The summed E-state index contributed by atoms with van der Waals surface area (Å²) in [7, 11) is 1.46. The Balaban J connectivity index is 1.52. The number of imide groups is 1. The fraction of sp³-hybridized carbons (Fsp3) is 0.0870. The van der Waals surface area contributed by atoms with Crippen LogP contribution in [-0.4, -0.2) is 29.1 Å². The molecule has 1 aromatic heterocycles. The molecule has 2 aromatic carbocycles. The largest absolute Gasteiger partial charge is 0.493 e. The van der Waals surface area contributed by atoms with E-state index in [4.69, 9.17) is 21.1 Å². The van der Waals surface area contributed by atoms with Gasteiger partial charge in [-0.25, -0.2) is 4.79 Å². The van der Waals surface area contributed by atoms with Crippen LogP contribution in [0.3, 0.4) is 0 Å². The minimum Gasteiger partial charge on any atom is -0.493 e. The summed E-state index contributed by atoms with van der Waals surface area (Å²) in [6, 6.07) is 15.4. The van der Waals surface area contributed by atoms with Crippen molar-refractivity contribution in [1.29, 1.82) is 0 Å². The number of esters is 1. The molecule has 1 aliphatic heterocycles. The van der Waals surface area contributed by atoms with E-state index in [1.165, 1.54) is 23.3 Å². The van der Waals surface area contributed by atoms with Gasteiger partial charge >= 0.3 is 5.97 Å². The van der Waals surface area contributed by atoms with Gasteiger partial charge in [0.15, 0.2) is 11.5 Å². The lowest BCUT2D eigenvalue weighted by Crippen LogP contribution is -2.27. The molecule has 0 atom stereocenters. The van der Waals surface area contributed by atoms with E-state index in [-0.39, 0.29) is 23.4 Å². The topological polar surface area (TPSA) is 72.9 Å². The number of amides is 2. The lowest BCUT2D eigenvalue weighted by atomic mass is 10.1. The quantitative estimate of drug-likeness (QED) is 0.247. The van der Waals surface area contributed by atoms with Crippen LogP contribution in [0.2, 0.25) is 5.02 Å². The molecule has 0 radical (unpaired) electrons. The Morgan fingerprint density at radius 3 is 2.66 bits per heavy atom. The number of thiophene rings is 1. The maximum atomic E-state index is 12.8. The zero-order valence-corrected chi connectivity index (χ0v) is 19.1. The molecule has 2 amide bonds. The second-order valence-corrected chi connectivity index (χ2v) is 9.05. The molecule has 1 aliphatic rings. The molecule has 32 heavy (non-hydrogen) atoms. The zero-order chi connectivity index (χ0) is 22.7. The van der Waals surface area contributed by atoms with Gasteiger partial charge in [-0.3, -0.25) is 14.5 Å². The van der Waals surface area contributed by atoms with Crippen LogP contribution >= 0.6 is 34.7 Å². The van der Waals surface area contributed by atoms with Gasteiger partial charge in [0.1, 0.15) is 4.88 Å². The first-order valence-electron chi connectivity index (χ1n) is 9.38. The Hall–Kier alpha value is -3.07. The van der Waals surface area contributed by atoms with Crippen molar-refractivity contribution in [3.63, 3.8) is 0 Å². The first kappa shape index (κ1) is 22.1. The number of methoxy groups -OCH3 is 1. The maximum Gasteiger partial charge on any atom is 0.353 e. The van der Waals surface area contributed by atoms with Crippen LogP contribution < -0.4 is 9.47 Å². The number of halogens is 1. The third-order valence-electron chi connectivity index (χ3n) is 4.51. The maximum absolute atomic E-state index is 12.8. The SMILES string of the molecule is COc1cc(/C=C2\SC(=O)N(Cc3cccc(Cl)c3)C2=O)ccc1OC(=O)c1cccs1. The molecule has 162 valence electrons. The molecule has 4 rings (SSSR count). The zero-order valence-electron chi connectivity index (χ0n) is 16.7. The molecule has 0 aliphatic carbocycles. The fourth-order valence-electron chi connectivity index (χ4n) is 3.01. The number of thioether (sulfide) groups is 1. The molecule has 3 aromatic rings. The fourth-order valence-corrected chi connectivity index (χ4v) is 4.66. The summed E-state index contributed by atoms with van der Waals surface area (Å²) in [5, 5.41) is 1.97. The van der Waals surface area contributed by atoms with E-state index in [0.717, 1.165) is 17.3 Å². The van der Waals surface area contributed by atoms with Gasteiger partial charge in [0.2, 0.25) is 0 Å². The lowest BCUT2D eigenvalue weighted by molar-refractivity contribution is -0.123. The summed E-state index contributed by atoms with van der Waals surface area (Å²) in [6.07, 6.45) is 1.61. The van der Waals surface area contributed by atoms with Crippen LogP contribution in [0.15, 0.2) is 64.9 Å². The van der Waals surface area contributed by atoms with Crippen molar-refractivity contribution in [2.45, 2.75) is 6.54 Å². The molecule has 2 heterocycles. The average Bonchev–Trinajstić information content (AvgIpc) is 3.40. The van der Waals surface area contributed by atoms with E-state index in [2.05, 4.69) is 0 Å². The minimum atomic E-state index is -0.479. The molecule has 0 unspecified atom stereocenters. The highest BCUT2D eigenvalue weighted by molar-refractivity contribution is 8.18. The van der Waals surface area contributed by atoms with E-state index in [1.54, 1.807) is 66.1 Å². The van der Waals surface area contributed by atoms with Gasteiger partial charge in [-0.1, -0.05) is 35.9 Å². The van der Waals surface area contributed by atoms with Gasteiger partial charge in [0, 0.05) is 5.02 Å². The molecular formula is C23H16ClNO5S2. The number of hydrogen-bond acceptors (Lipinski definition) is 7. The molecule has 0 N–H and O–H groups in total. The Bertz CT molecular complexity index is 1220. The van der Waals surface area contributed by atoms with Crippen molar-refractivity contribution >= 4 is 57.9 Å². The summed E-state index contributed by atoms with van der Waals surface area (Å²) in [5.74, 6) is -0.265. The second-order valence-electron chi connectivity index (χ2n) is 6.67. The van der Waals surface area contributed by atoms with Crippen LogP contribution in [0.1, 0.15) is 20.8 Å². The van der Waals surface area contributed by atoms with E-state index in [0.29, 0.717) is 26.1 Å². The van der Waals surface area contributed by atoms with Gasteiger partial charge in [0.25, 0.3) is 11.1 Å². The number of hydrogen-bond donors (Lipinski definition) is 0. The smallest absolute Gasteiger partial charge is 0.353 e. The predicted octanol–water partition coefficient (Wildman–Crippen LogP) is 5.87. The molecule has 6 nitrogen and oxygen atoms in total. The van der Waals surface area contributed by atoms with Crippen LogP contribution in [0.25, 0.3) is 6.08 Å². The molecule has 0 bridgehead atoms. The van der Waals surface area contributed by atoms with E-state index in [9.17, 15) is 14.4 Å². The number of carbonyl (C=O) groups is 3. The van der Waals surface area contributed by atoms with Gasteiger partial charge in [0.05, 0.1) is 18.6 Å². The summed E-state index contributed by atoms with van der Waals surface area (Å²) in [6.45, 7) is 0.142.